The van der Waals surface area contributed by atoms with E-state index < -0.39 is 0 Å². The van der Waals surface area contributed by atoms with E-state index in [1.165, 1.54) is 36.9 Å². The molecule has 1 unspecified atom stereocenters. The highest BCUT2D eigenvalue weighted by Gasteiger charge is 2.24. The van der Waals surface area contributed by atoms with Crippen LogP contribution < -0.4 is 10.9 Å². The first-order chi connectivity index (χ1) is 8.28. The van der Waals surface area contributed by atoms with Gasteiger partial charge in [0.1, 0.15) is 0 Å². The van der Waals surface area contributed by atoms with E-state index in [2.05, 4.69) is 21.4 Å². The van der Waals surface area contributed by atoms with E-state index in [1.807, 2.05) is 0 Å². The van der Waals surface area contributed by atoms with Crippen molar-refractivity contribution < 1.29 is 0 Å². The first kappa shape index (κ1) is 12.1. The molecule has 0 spiro atoms. The zero-order valence-electron chi connectivity index (χ0n) is 9.35. The third kappa shape index (κ3) is 4.21. The zero-order valence-corrected chi connectivity index (χ0v) is 10.2. The van der Waals surface area contributed by atoms with Gasteiger partial charge in [-0.1, -0.05) is 11.8 Å². The van der Waals surface area contributed by atoms with Gasteiger partial charge in [0.05, 0.1) is 12.1 Å². The summed E-state index contributed by atoms with van der Waals surface area (Å²) in [4.78, 5) is 17.7. The first-order valence-corrected chi connectivity index (χ1v) is 6.60. The lowest BCUT2D eigenvalue weighted by atomic mass is 10.2. The molecule has 1 saturated carbocycles. The van der Waals surface area contributed by atoms with Crippen LogP contribution in [-0.4, -0.2) is 27.8 Å². The molecule has 2 N–H and O–H groups in total. The van der Waals surface area contributed by atoms with E-state index in [4.69, 9.17) is 5.26 Å². The van der Waals surface area contributed by atoms with Crippen LogP contribution in [-0.2, 0) is 0 Å². The monoisotopic (exact) mass is 250 g/mol. The number of thioether (sulfide) groups is 1. The van der Waals surface area contributed by atoms with E-state index >= 15 is 0 Å². The summed E-state index contributed by atoms with van der Waals surface area (Å²) in [6, 6.07) is 4.09. The van der Waals surface area contributed by atoms with E-state index in [0.717, 1.165) is 12.2 Å². The number of aromatic nitrogens is 2. The number of hydrogen-bond donors (Lipinski definition) is 2. The van der Waals surface area contributed by atoms with Gasteiger partial charge >= 0.3 is 0 Å². The van der Waals surface area contributed by atoms with Gasteiger partial charge in [-0.05, 0) is 19.3 Å². The van der Waals surface area contributed by atoms with Gasteiger partial charge in [-0.25, -0.2) is 4.98 Å². The minimum Gasteiger partial charge on any atom is -0.301 e. The molecule has 90 valence electrons. The van der Waals surface area contributed by atoms with Gasteiger partial charge < -0.3 is 4.98 Å². The quantitative estimate of drug-likeness (QED) is 0.579. The molecule has 1 aliphatic carbocycles. The fourth-order valence-corrected chi connectivity index (χ4v) is 2.27. The summed E-state index contributed by atoms with van der Waals surface area (Å²) in [5.74, 6) is 0.769. The van der Waals surface area contributed by atoms with Crippen LogP contribution in [0.4, 0.5) is 0 Å². The fraction of sp³-hybridized carbons (Fsp3) is 0.545. The molecule has 0 amide bonds. The van der Waals surface area contributed by atoms with Crippen LogP contribution in [0, 0.1) is 11.3 Å². The largest absolute Gasteiger partial charge is 0.301 e. The molecule has 1 aromatic heterocycles. The SMILES string of the molecule is N#CC(CCSc1nccc(=O)[nH]1)NC1CC1. The topological polar surface area (TPSA) is 81.6 Å². The van der Waals surface area contributed by atoms with Gasteiger partial charge in [0, 0.05) is 24.1 Å². The Balaban J connectivity index is 1.74. The van der Waals surface area contributed by atoms with Gasteiger partial charge in [0.25, 0.3) is 5.56 Å². The van der Waals surface area contributed by atoms with Crippen molar-refractivity contribution in [3.8, 4) is 6.07 Å². The number of aromatic amines is 1. The lowest BCUT2D eigenvalue weighted by Gasteiger charge is -2.09. The third-order valence-electron chi connectivity index (χ3n) is 2.46. The molecule has 0 radical (unpaired) electrons. The maximum absolute atomic E-state index is 11.0. The van der Waals surface area contributed by atoms with Gasteiger partial charge in [0.2, 0.25) is 0 Å². The van der Waals surface area contributed by atoms with Crippen LogP contribution in [0.15, 0.2) is 22.2 Å². The maximum atomic E-state index is 11.0. The van der Waals surface area contributed by atoms with Gasteiger partial charge in [-0.2, -0.15) is 5.26 Å². The molecule has 5 nitrogen and oxygen atoms in total. The van der Waals surface area contributed by atoms with Crippen LogP contribution in [0.1, 0.15) is 19.3 Å². The van der Waals surface area contributed by atoms with Gasteiger partial charge in [0.15, 0.2) is 5.16 Å². The van der Waals surface area contributed by atoms with Crippen LogP contribution >= 0.6 is 11.8 Å². The summed E-state index contributed by atoms with van der Waals surface area (Å²) >= 11 is 1.47. The Morgan fingerprint density at radius 2 is 2.53 bits per heavy atom. The molecule has 6 heteroatoms. The molecule has 2 rings (SSSR count). The molecule has 1 heterocycles. The molecule has 0 aromatic carbocycles. The molecule has 17 heavy (non-hydrogen) atoms. The highest BCUT2D eigenvalue weighted by atomic mass is 32.2. The summed E-state index contributed by atoms with van der Waals surface area (Å²) in [5.41, 5.74) is -0.143. The van der Waals surface area contributed by atoms with Crippen LogP contribution in [0.3, 0.4) is 0 Å². The van der Waals surface area contributed by atoms with E-state index in [0.29, 0.717) is 11.2 Å². The lowest BCUT2D eigenvalue weighted by molar-refractivity contribution is 0.587. The van der Waals surface area contributed by atoms with Crippen molar-refractivity contribution >= 4 is 11.8 Å². The standard InChI is InChI=1S/C11H14N4OS/c12-7-9(14-8-1-2-8)4-6-17-11-13-5-3-10(16)15-11/h3,5,8-9,14H,1-2,4,6H2,(H,13,15,16). The second-order valence-electron chi connectivity index (χ2n) is 4.00. The van der Waals surface area contributed by atoms with Gasteiger partial charge in [-0.3, -0.25) is 10.1 Å². The molecule has 1 fully saturated rings. The van der Waals surface area contributed by atoms with Crippen LogP contribution in [0.2, 0.25) is 0 Å². The minimum atomic E-state index is -0.143. The second kappa shape index (κ2) is 5.84. The molecule has 0 saturated heterocycles. The molecular formula is C11H14N4OS. The van der Waals surface area contributed by atoms with Crippen molar-refractivity contribution in [3.63, 3.8) is 0 Å². The Bertz CT molecular complexity index is 463. The minimum absolute atomic E-state index is 0.0922. The Morgan fingerprint density at radius 3 is 3.18 bits per heavy atom. The van der Waals surface area contributed by atoms with E-state index in [9.17, 15) is 4.79 Å². The summed E-state index contributed by atoms with van der Waals surface area (Å²) in [6.45, 7) is 0. The Hall–Kier alpha value is -1.32. The van der Waals surface area contributed by atoms with E-state index in [-0.39, 0.29) is 11.6 Å². The maximum Gasteiger partial charge on any atom is 0.251 e. The van der Waals surface area contributed by atoms with E-state index in [1.54, 1.807) is 0 Å². The summed E-state index contributed by atoms with van der Waals surface area (Å²) in [5, 5.41) is 12.8. The van der Waals surface area contributed by atoms with Crippen LogP contribution in [0.25, 0.3) is 0 Å². The predicted molar refractivity (Wildman–Crippen MR) is 65.8 cm³/mol. The number of H-pyrrole nitrogens is 1. The third-order valence-corrected chi connectivity index (χ3v) is 3.38. The van der Waals surface area contributed by atoms with Gasteiger partial charge in [-0.15, -0.1) is 0 Å². The average molecular weight is 250 g/mol. The molecule has 0 bridgehead atoms. The summed E-state index contributed by atoms with van der Waals surface area (Å²) in [7, 11) is 0. The van der Waals surface area contributed by atoms with Crippen LogP contribution in [0.5, 0.6) is 0 Å². The normalized spacial score (nSPS) is 16.4. The smallest absolute Gasteiger partial charge is 0.251 e. The van der Waals surface area contributed by atoms with Crippen molar-refractivity contribution in [1.29, 1.82) is 5.26 Å². The Kier molecular flexibility index (Phi) is 4.18. The number of hydrogen-bond acceptors (Lipinski definition) is 5. The van der Waals surface area contributed by atoms with Crippen molar-refractivity contribution in [2.75, 3.05) is 5.75 Å². The van der Waals surface area contributed by atoms with Crippen molar-refractivity contribution in [1.82, 2.24) is 15.3 Å². The Morgan fingerprint density at radius 1 is 1.71 bits per heavy atom. The molecule has 1 aliphatic rings. The summed E-state index contributed by atoms with van der Waals surface area (Å²) < 4.78 is 0. The molecular weight excluding hydrogens is 236 g/mol. The Labute approximate surface area is 104 Å². The van der Waals surface area contributed by atoms with Crippen molar-refractivity contribution in [3.05, 3.63) is 22.6 Å². The fourth-order valence-electron chi connectivity index (χ4n) is 1.42. The number of nitrogens with one attached hydrogen (secondary N) is 2. The predicted octanol–water partition coefficient (Wildman–Crippen LogP) is 0.896. The second-order valence-corrected chi connectivity index (χ2v) is 5.08. The average Bonchev–Trinajstić information content (AvgIpc) is 3.12. The number of rotatable bonds is 6. The highest BCUT2D eigenvalue weighted by Crippen LogP contribution is 2.20. The molecule has 0 aliphatic heterocycles. The van der Waals surface area contributed by atoms with Crippen molar-refractivity contribution in [2.24, 2.45) is 0 Å². The van der Waals surface area contributed by atoms with Crippen molar-refractivity contribution in [2.45, 2.75) is 36.5 Å². The first-order valence-electron chi connectivity index (χ1n) is 5.62. The number of nitriles is 1. The highest BCUT2D eigenvalue weighted by molar-refractivity contribution is 7.99. The number of nitrogens with zero attached hydrogens (tertiary/aromatic N) is 2. The zero-order chi connectivity index (χ0) is 12.1. The summed E-state index contributed by atoms with van der Waals surface area (Å²) in [6.07, 6.45) is 4.61. The molecule has 1 atom stereocenters. The lowest BCUT2D eigenvalue weighted by Crippen LogP contribution is -2.30. The molecule has 1 aromatic rings.